The van der Waals surface area contributed by atoms with Crippen LogP contribution in [0.5, 0.6) is 5.75 Å². The van der Waals surface area contributed by atoms with Crippen molar-refractivity contribution in [2.24, 2.45) is 0 Å². The summed E-state index contributed by atoms with van der Waals surface area (Å²) in [6, 6.07) is 13.5. The Balaban J connectivity index is 1.89. The lowest BCUT2D eigenvalue weighted by Crippen LogP contribution is -2.32. The fourth-order valence-electron chi connectivity index (χ4n) is 1.95. The summed E-state index contributed by atoms with van der Waals surface area (Å²) >= 11 is 5.77. The van der Waals surface area contributed by atoms with Gasteiger partial charge >= 0.3 is 6.03 Å². The second kappa shape index (κ2) is 7.68. The minimum atomic E-state index is -0.855. The molecule has 116 valence electrons. The number of methoxy groups -OCH3 is 1. The van der Waals surface area contributed by atoms with Gasteiger partial charge in [0.05, 0.1) is 13.2 Å². The van der Waals surface area contributed by atoms with E-state index in [0.717, 1.165) is 0 Å². The number of carbonyl (C=O) groups excluding carboxylic acids is 1. The van der Waals surface area contributed by atoms with Crippen LogP contribution in [0, 0.1) is 0 Å². The maximum atomic E-state index is 11.8. The first-order valence-corrected chi connectivity index (χ1v) is 7.09. The highest BCUT2D eigenvalue weighted by Crippen LogP contribution is 2.24. The van der Waals surface area contributed by atoms with Crippen molar-refractivity contribution in [1.82, 2.24) is 5.32 Å². The van der Waals surface area contributed by atoms with Gasteiger partial charge in [-0.2, -0.15) is 0 Å². The molecule has 0 bridgehead atoms. The number of rotatable bonds is 5. The summed E-state index contributed by atoms with van der Waals surface area (Å²) < 4.78 is 5.18. The number of ether oxygens (including phenoxy) is 1. The van der Waals surface area contributed by atoms with Gasteiger partial charge in [-0.15, -0.1) is 0 Å². The van der Waals surface area contributed by atoms with Crippen LogP contribution < -0.4 is 15.4 Å². The number of hydrogen-bond donors (Lipinski definition) is 3. The number of nitrogens with one attached hydrogen (secondary N) is 2. The fraction of sp³-hybridized carbons (Fsp3) is 0.188. The van der Waals surface area contributed by atoms with Gasteiger partial charge in [0.25, 0.3) is 0 Å². The van der Waals surface area contributed by atoms with E-state index in [-0.39, 0.29) is 6.54 Å². The summed E-state index contributed by atoms with van der Waals surface area (Å²) in [6.07, 6.45) is -0.855. The molecule has 0 radical (unpaired) electrons. The van der Waals surface area contributed by atoms with Crippen molar-refractivity contribution >= 4 is 23.3 Å². The van der Waals surface area contributed by atoms with E-state index in [4.69, 9.17) is 16.3 Å². The van der Waals surface area contributed by atoms with Gasteiger partial charge in [0, 0.05) is 22.8 Å². The summed E-state index contributed by atoms with van der Waals surface area (Å²) in [5.74, 6) is 0.579. The summed E-state index contributed by atoms with van der Waals surface area (Å²) in [6.45, 7) is 0.0692. The number of benzene rings is 2. The molecule has 0 aliphatic carbocycles. The molecule has 0 spiro atoms. The molecule has 2 rings (SSSR count). The lowest BCUT2D eigenvalue weighted by atomic mass is 10.1. The fourth-order valence-corrected chi connectivity index (χ4v) is 2.08. The summed E-state index contributed by atoms with van der Waals surface area (Å²) in [5.41, 5.74) is 1.24. The van der Waals surface area contributed by atoms with Gasteiger partial charge in [0.15, 0.2) is 0 Å². The van der Waals surface area contributed by atoms with Crippen molar-refractivity contribution in [3.8, 4) is 5.75 Å². The van der Waals surface area contributed by atoms with E-state index in [9.17, 15) is 9.90 Å². The molecule has 2 amide bonds. The molecular weight excluding hydrogens is 304 g/mol. The number of urea groups is 1. The standard InChI is InChI=1S/C16H17ClN2O3/c1-22-15-5-3-2-4-13(15)14(20)10-18-16(21)19-12-8-6-11(17)7-9-12/h2-9,14,20H,10H2,1H3,(H2,18,19,21)/t14-/m1/s1. The topological polar surface area (TPSA) is 70.6 Å². The van der Waals surface area contributed by atoms with Gasteiger partial charge in [-0.05, 0) is 30.3 Å². The van der Waals surface area contributed by atoms with E-state index in [2.05, 4.69) is 10.6 Å². The molecule has 0 aliphatic heterocycles. The molecular formula is C16H17ClN2O3. The molecule has 1 atom stereocenters. The van der Waals surface area contributed by atoms with Crippen LogP contribution in [0.1, 0.15) is 11.7 Å². The van der Waals surface area contributed by atoms with E-state index in [1.54, 1.807) is 42.5 Å². The predicted molar refractivity (Wildman–Crippen MR) is 86.4 cm³/mol. The third kappa shape index (κ3) is 4.38. The first-order valence-electron chi connectivity index (χ1n) is 6.71. The second-order valence-electron chi connectivity index (χ2n) is 4.60. The lowest BCUT2D eigenvalue weighted by Gasteiger charge is -2.15. The highest BCUT2D eigenvalue weighted by Gasteiger charge is 2.13. The molecule has 2 aromatic rings. The lowest BCUT2D eigenvalue weighted by molar-refractivity contribution is 0.171. The number of halogens is 1. The summed E-state index contributed by atoms with van der Waals surface area (Å²) in [7, 11) is 1.53. The van der Waals surface area contributed by atoms with E-state index < -0.39 is 12.1 Å². The van der Waals surface area contributed by atoms with Crippen LogP contribution >= 0.6 is 11.6 Å². The largest absolute Gasteiger partial charge is 0.496 e. The summed E-state index contributed by atoms with van der Waals surface area (Å²) in [4.78, 5) is 11.8. The first kappa shape index (κ1) is 16.1. The maximum absolute atomic E-state index is 11.8. The molecule has 5 nitrogen and oxygen atoms in total. The number of aliphatic hydroxyl groups is 1. The van der Waals surface area contributed by atoms with Crippen LogP contribution in [-0.4, -0.2) is 24.8 Å². The average molecular weight is 321 g/mol. The van der Waals surface area contributed by atoms with Gasteiger partial charge in [-0.1, -0.05) is 29.8 Å². The van der Waals surface area contributed by atoms with Crippen molar-refractivity contribution in [3.05, 3.63) is 59.1 Å². The van der Waals surface area contributed by atoms with E-state index in [0.29, 0.717) is 22.0 Å². The number of hydrogen-bond acceptors (Lipinski definition) is 3. The van der Waals surface area contributed by atoms with Gasteiger partial charge in [-0.25, -0.2) is 4.79 Å². The van der Waals surface area contributed by atoms with Crippen molar-refractivity contribution in [2.75, 3.05) is 19.0 Å². The first-order chi connectivity index (χ1) is 10.6. The molecule has 22 heavy (non-hydrogen) atoms. The Morgan fingerprint density at radius 3 is 2.59 bits per heavy atom. The Bertz CT molecular complexity index is 632. The quantitative estimate of drug-likeness (QED) is 0.792. The van der Waals surface area contributed by atoms with Crippen LogP contribution in [0.2, 0.25) is 5.02 Å². The number of aliphatic hydroxyl groups excluding tert-OH is 1. The zero-order valence-electron chi connectivity index (χ0n) is 12.0. The van der Waals surface area contributed by atoms with Crippen LogP contribution in [0.4, 0.5) is 10.5 Å². The number of amides is 2. The van der Waals surface area contributed by atoms with E-state index >= 15 is 0 Å². The Hall–Kier alpha value is -2.24. The molecule has 0 aliphatic rings. The normalized spacial score (nSPS) is 11.6. The second-order valence-corrected chi connectivity index (χ2v) is 5.04. The van der Waals surface area contributed by atoms with Gasteiger partial charge < -0.3 is 20.5 Å². The maximum Gasteiger partial charge on any atom is 0.319 e. The Morgan fingerprint density at radius 1 is 1.23 bits per heavy atom. The predicted octanol–water partition coefficient (Wildman–Crippen LogP) is 3.20. The molecule has 0 aromatic heterocycles. The third-order valence-electron chi connectivity index (χ3n) is 3.06. The minimum Gasteiger partial charge on any atom is -0.496 e. The molecule has 0 saturated heterocycles. The Kier molecular flexibility index (Phi) is 5.63. The van der Waals surface area contributed by atoms with Crippen molar-refractivity contribution < 1.29 is 14.6 Å². The summed E-state index contributed by atoms with van der Waals surface area (Å²) in [5, 5.41) is 16.0. The SMILES string of the molecule is COc1ccccc1[C@H](O)CNC(=O)Nc1ccc(Cl)cc1. The van der Waals surface area contributed by atoms with Crippen molar-refractivity contribution in [3.63, 3.8) is 0 Å². The molecule has 0 unspecified atom stereocenters. The molecule has 0 heterocycles. The van der Waals surface area contributed by atoms with E-state index in [1.165, 1.54) is 7.11 Å². The smallest absolute Gasteiger partial charge is 0.319 e. The number of para-hydroxylation sites is 1. The molecule has 0 saturated carbocycles. The van der Waals surface area contributed by atoms with E-state index in [1.807, 2.05) is 6.07 Å². The minimum absolute atomic E-state index is 0.0692. The van der Waals surface area contributed by atoms with Crippen LogP contribution in [-0.2, 0) is 0 Å². The van der Waals surface area contributed by atoms with Gasteiger partial charge in [-0.3, -0.25) is 0 Å². The van der Waals surface area contributed by atoms with Crippen LogP contribution in [0.3, 0.4) is 0 Å². The highest BCUT2D eigenvalue weighted by molar-refractivity contribution is 6.30. The van der Waals surface area contributed by atoms with Crippen molar-refractivity contribution in [2.45, 2.75) is 6.10 Å². The Morgan fingerprint density at radius 2 is 1.91 bits per heavy atom. The number of anilines is 1. The number of carbonyl (C=O) groups is 1. The third-order valence-corrected chi connectivity index (χ3v) is 3.31. The Labute approximate surface area is 133 Å². The van der Waals surface area contributed by atoms with Crippen molar-refractivity contribution in [1.29, 1.82) is 0 Å². The van der Waals surface area contributed by atoms with Gasteiger partial charge in [0.2, 0.25) is 0 Å². The highest BCUT2D eigenvalue weighted by atomic mass is 35.5. The monoisotopic (exact) mass is 320 g/mol. The molecule has 0 fully saturated rings. The zero-order chi connectivity index (χ0) is 15.9. The molecule has 3 N–H and O–H groups in total. The van der Waals surface area contributed by atoms with Crippen LogP contribution in [0.15, 0.2) is 48.5 Å². The average Bonchev–Trinajstić information content (AvgIpc) is 2.54. The molecule has 6 heteroatoms. The van der Waals surface area contributed by atoms with Crippen LogP contribution in [0.25, 0.3) is 0 Å². The zero-order valence-corrected chi connectivity index (χ0v) is 12.8. The molecule has 2 aromatic carbocycles. The van der Waals surface area contributed by atoms with Gasteiger partial charge in [0.1, 0.15) is 5.75 Å².